The lowest BCUT2D eigenvalue weighted by molar-refractivity contribution is -0.154. The molecule has 0 fully saturated rings. The number of rotatable bonds is 6. The maximum absolute atomic E-state index is 10.9. The zero-order valence-corrected chi connectivity index (χ0v) is 7.86. The first-order valence-electron chi connectivity index (χ1n) is 4.05. The Bertz CT molecular complexity index is 256. The Morgan fingerprint density at radius 3 is 2.43 bits per heavy atom. The van der Waals surface area contributed by atoms with Crippen LogP contribution in [0.2, 0.25) is 0 Å². The molecular formula is C9H12O5. The van der Waals surface area contributed by atoms with Gasteiger partial charge < -0.3 is 9.84 Å². The Morgan fingerprint density at radius 2 is 2.00 bits per heavy atom. The third-order valence-corrected chi connectivity index (χ3v) is 1.45. The summed E-state index contributed by atoms with van der Waals surface area (Å²) in [6.45, 7) is 4.63. The molecule has 5 heteroatoms. The largest absolute Gasteiger partial charge is 0.481 e. The fourth-order valence-corrected chi connectivity index (χ4v) is 0.689. The first kappa shape index (κ1) is 12.3. The Labute approximate surface area is 81.4 Å². The van der Waals surface area contributed by atoms with Crippen LogP contribution >= 0.6 is 0 Å². The van der Waals surface area contributed by atoms with Gasteiger partial charge in [0.1, 0.15) is 0 Å². The lowest BCUT2D eigenvalue weighted by Crippen LogP contribution is -2.22. The Morgan fingerprint density at radius 1 is 1.43 bits per heavy atom. The van der Waals surface area contributed by atoms with E-state index in [0.29, 0.717) is 0 Å². The summed E-state index contributed by atoms with van der Waals surface area (Å²) >= 11 is 0. The van der Waals surface area contributed by atoms with Gasteiger partial charge in [0.25, 0.3) is 0 Å². The minimum Gasteiger partial charge on any atom is -0.481 e. The van der Waals surface area contributed by atoms with Crippen LogP contribution < -0.4 is 0 Å². The zero-order chi connectivity index (χ0) is 11.1. The van der Waals surface area contributed by atoms with Crippen molar-refractivity contribution in [2.24, 2.45) is 0 Å². The Kier molecular flexibility index (Phi) is 5.21. The van der Waals surface area contributed by atoms with E-state index in [2.05, 4.69) is 11.3 Å². The molecule has 1 N–H and O–H groups in total. The molecule has 5 nitrogen and oxygen atoms in total. The number of carbonyl (C=O) groups is 3. The molecule has 0 aromatic carbocycles. The van der Waals surface area contributed by atoms with Crippen LogP contribution in [-0.4, -0.2) is 28.9 Å². The quantitative estimate of drug-likeness (QED) is 0.500. The van der Waals surface area contributed by atoms with Crippen LogP contribution in [0.5, 0.6) is 0 Å². The minimum atomic E-state index is -1.08. The molecule has 0 aromatic rings. The van der Waals surface area contributed by atoms with Crippen LogP contribution in [0.15, 0.2) is 12.7 Å². The monoisotopic (exact) mass is 200 g/mol. The van der Waals surface area contributed by atoms with Gasteiger partial charge >= 0.3 is 11.9 Å². The molecular weight excluding hydrogens is 188 g/mol. The molecule has 0 aliphatic heterocycles. The molecule has 1 unspecified atom stereocenters. The van der Waals surface area contributed by atoms with E-state index in [-0.39, 0.29) is 12.8 Å². The molecule has 14 heavy (non-hydrogen) atoms. The predicted molar refractivity (Wildman–Crippen MR) is 47.6 cm³/mol. The summed E-state index contributed by atoms with van der Waals surface area (Å²) in [7, 11) is 0. The molecule has 0 bridgehead atoms. The number of aliphatic carboxylic acids is 1. The second kappa shape index (κ2) is 5.90. The maximum Gasteiger partial charge on any atom is 0.307 e. The fraction of sp³-hybridized carbons (Fsp3) is 0.444. The van der Waals surface area contributed by atoms with Crippen LogP contribution in [0.25, 0.3) is 0 Å². The smallest absolute Gasteiger partial charge is 0.307 e. The third-order valence-electron chi connectivity index (χ3n) is 1.45. The standard InChI is InChI=1S/C9H12O5/c1-3-7(10)6(2)14-9(13)5-4-8(11)12/h3,6H,1,4-5H2,2H3,(H,11,12). The van der Waals surface area contributed by atoms with Crippen molar-refractivity contribution < 1.29 is 24.2 Å². The van der Waals surface area contributed by atoms with Gasteiger partial charge in [-0.3, -0.25) is 14.4 Å². The van der Waals surface area contributed by atoms with E-state index in [4.69, 9.17) is 5.11 Å². The van der Waals surface area contributed by atoms with Gasteiger partial charge in [-0.2, -0.15) is 0 Å². The highest BCUT2D eigenvalue weighted by atomic mass is 16.5. The topological polar surface area (TPSA) is 80.7 Å². The molecule has 0 rings (SSSR count). The van der Waals surface area contributed by atoms with Crippen LogP contribution in [0, 0.1) is 0 Å². The number of ketones is 1. The second-order valence-electron chi connectivity index (χ2n) is 2.63. The molecule has 78 valence electrons. The molecule has 0 spiro atoms. The summed E-state index contributed by atoms with van der Waals surface area (Å²) in [5.74, 6) is -2.19. The molecule has 1 atom stereocenters. The number of esters is 1. The summed E-state index contributed by atoms with van der Waals surface area (Å²) in [5.41, 5.74) is 0. The fourth-order valence-electron chi connectivity index (χ4n) is 0.689. The number of hydrogen-bond donors (Lipinski definition) is 1. The summed E-state index contributed by atoms with van der Waals surface area (Å²) < 4.78 is 4.63. The van der Waals surface area contributed by atoms with E-state index in [1.165, 1.54) is 6.92 Å². The van der Waals surface area contributed by atoms with Crippen LogP contribution in [-0.2, 0) is 19.1 Å². The highest BCUT2D eigenvalue weighted by molar-refractivity contribution is 5.94. The summed E-state index contributed by atoms with van der Waals surface area (Å²) in [5, 5.41) is 8.26. The number of hydrogen-bond acceptors (Lipinski definition) is 4. The van der Waals surface area contributed by atoms with Gasteiger partial charge in [0, 0.05) is 0 Å². The van der Waals surface area contributed by atoms with Crippen LogP contribution in [0.3, 0.4) is 0 Å². The number of carboxylic acids is 1. The SMILES string of the molecule is C=CC(=O)C(C)OC(=O)CCC(=O)O. The van der Waals surface area contributed by atoms with Gasteiger partial charge in [0.15, 0.2) is 11.9 Å². The summed E-state index contributed by atoms with van der Waals surface area (Å²) in [6.07, 6.45) is -0.374. The van der Waals surface area contributed by atoms with E-state index in [1.807, 2.05) is 0 Å². The number of carbonyl (C=O) groups excluding carboxylic acids is 2. The van der Waals surface area contributed by atoms with E-state index < -0.39 is 23.8 Å². The van der Waals surface area contributed by atoms with Gasteiger partial charge in [-0.05, 0) is 13.0 Å². The highest BCUT2D eigenvalue weighted by Gasteiger charge is 2.15. The van der Waals surface area contributed by atoms with Crippen molar-refractivity contribution in [3.63, 3.8) is 0 Å². The van der Waals surface area contributed by atoms with Crippen molar-refractivity contribution in [3.05, 3.63) is 12.7 Å². The van der Waals surface area contributed by atoms with Crippen molar-refractivity contribution in [3.8, 4) is 0 Å². The molecule has 0 saturated heterocycles. The molecule has 0 heterocycles. The lowest BCUT2D eigenvalue weighted by Gasteiger charge is -2.08. The van der Waals surface area contributed by atoms with E-state index in [9.17, 15) is 14.4 Å². The van der Waals surface area contributed by atoms with E-state index in [1.54, 1.807) is 0 Å². The third kappa shape index (κ3) is 5.08. The average Bonchev–Trinajstić information content (AvgIpc) is 2.13. The van der Waals surface area contributed by atoms with Crippen molar-refractivity contribution in [1.82, 2.24) is 0 Å². The zero-order valence-electron chi connectivity index (χ0n) is 7.86. The number of carboxylic acid groups (broad SMARTS) is 1. The lowest BCUT2D eigenvalue weighted by atomic mass is 10.2. The van der Waals surface area contributed by atoms with Crippen molar-refractivity contribution in [1.29, 1.82) is 0 Å². The van der Waals surface area contributed by atoms with Crippen LogP contribution in [0.1, 0.15) is 19.8 Å². The molecule has 0 aliphatic carbocycles. The normalized spacial score (nSPS) is 11.5. The van der Waals surface area contributed by atoms with Gasteiger partial charge in [0.2, 0.25) is 0 Å². The Hall–Kier alpha value is -1.65. The molecule has 0 aliphatic rings. The molecule has 0 aromatic heterocycles. The molecule has 0 radical (unpaired) electrons. The van der Waals surface area contributed by atoms with Crippen LogP contribution in [0.4, 0.5) is 0 Å². The summed E-state index contributed by atoms with van der Waals surface area (Å²) in [4.78, 5) is 31.9. The van der Waals surface area contributed by atoms with Crippen molar-refractivity contribution >= 4 is 17.7 Å². The maximum atomic E-state index is 10.9. The highest BCUT2D eigenvalue weighted by Crippen LogP contribution is 1.99. The number of ether oxygens (including phenoxy) is 1. The van der Waals surface area contributed by atoms with Gasteiger partial charge in [-0.25, -0.2) is 0 Å². The average molecular weight is 200 g/mol. The second-order valence-corrected chi connectivity index (χ2v) is 2.63. The minimum absolute atomic E-state index is 0.232. The first-order chi connectivity index (χ1) is 6.47. The van der Waals surface area contributed by atoms with Gasteiger partial charge in [-0.1, -0.05) is 6.58 Å². The van der Waals surface area contributed by atoms with Gasteiger partial charge in [-0.15, -0.1) is 0 Å². The molecule has 0 amide bonds. The van der Waals surface area contributed by atoms with E-state index >= 15 is 0 Å². The predicted octanol–water partition coefficient (Wildman–Crippen LogP) is 0.538. The first-order valence-corrected chi connectivity index (χ1v) is 4.05. The van der Waals surface area contributed by atoms with Crippen molar-refractivity contribution in [2.75, 3.05) is 0 Å². The molecule has 0 saturated carbocycles. The van der Waals surface area contributed by atoms with Gasteiger partial charge in [0.05, 0.1) is 12.8 Å². The summed E-state index contributed by atoms with van der Waals surface area (Å²) in [6, 6.07) is 0. The van der Waals surface area contributed by atoms with E-state index in [0.717, 1.165) is 6.08 Å². The Balaban J connectivity index is 3.88. The van der Waals surface area contributed by atoms with Crippen molar-refractivity contribution in [2.45, 2.75) is 25.9 Å².